The van der Waals surface area contributed by atoms with Crippen molar-refractivity contribution >= 4 is 5.91 Å². The Balaban J connectivity index is 2.21. The lowest BCUT2D eigenvalue weighted by molar-refractivity contribution is -0.122. The van der Waals surface area contributed by atoms with E-state index < -0.39 is 0 Å². The molecule has 3 nitrogen and oxygen atoms in total. The summed E-state index contributed by atoms with van der Waals surface area (Å²) in [4.78, 5) is 11.9. The standard InChI is InChI=1S/C15H30N2O/c1-4-13(5-2)11-17-15(18)10-12(3)14-6-8-16-9-7-14/h12-14,16H,4-11H2,1-3H3,(H,17,18). The van der Waals surface area contributed by atoms with Gasteiger partial charge in [-0.25, -0.2) is 0 Å². The Kier molecular flexibility index (Phi) is 7.33. The summed E-state index contributed by atoms with van der Waals surface area (Å²) in [5, 5.41) is 6.48. The Morgan fingerprint density at radius 1 is 1.28 bits per heavy atom. The van der Waals surface area contributed by atoms with Crippen LogP contribution in [-0.4, -0.2) is 25.5 Å². The van der Waals surface area contributed by atoms with Crippen LogP contribution >= 0.6 is 0 Å². The first kappa shape index (κ1) is 15.5. The zero-order valence-electron chi connectivity index (χ0n) is 12.3. The van der Waals surface area contributed by atoms with Crippen LogP contribution in [0.4, 0.5) is 0 Å². The van der Waals surface area contributed by atoms with Crippen LogP contribution in [0.15, 0.2) is 0 Å². The van der Waals surface area contributed by atoms with Crippen molar-refractivity contribution in [1.29, 1.82) is 0 Å². The molecule has 1 saturated heterocycles. The van der Waals surface area contributed by atoms with E-state index in [1.165, 1.54) is 12.8 Å². The van der Waals surface area contributed by atoms with E-state index in [4.69, 9.17) is 0 Å². The number of nitrogens with one attached hydrogen (secondary N) is 2. The van der Waals surface area contributed by atoms with Crippen molar-refractivity contribution in [3.8, 4) is 0 Å². The highest BCUT2D eigenvalue weighted by molar-refractivity contribution is 5.76. The molecule has 3 heteroatoms. The number of carbonyl (C=O) groups excluding carboxylic acids is 1. The molecule has 1 heterocycles. The third-order valence-corrected chi connectivity index (χ3v) is 4.44. The van der Waals surface area contributed by atoms with Crippen molar-refractivity contribution in [2.45, 2.75) is 52.9 Å². The maximum absolute atomic E-state index is 11.9. The third kappa shape index (κ3) is 5.38. The van der Waals surface area contributed by atoms with Crippen molar-refractivity contribution in [3.05, 3.63) is 0 Å². The molecule has 1 amide bonds. The SMILES string of the molecule is CCC(CC)CNC(=O)CC(C)C1CCNCC1. The number of rotatable bonds is 7. The molecular weight excluding hydrogens is 224 g/mol. The fourth-order valence-corrected chi connectivity index (χ4v) is 2.78. The molecule has 1 aliphatic heterocycles. The van der Waals surface area contributed by atoms with E-state index in [1.54, 1.807) is 0 Å². The number of hydrogen-bond acceptors (Lipinski definition) is 2. The smallest absolute Gasteiger partial charge is 0.220 e. The van der Waals surface area contributed by atoms with Crippen LogP contribution in [0, 0.1) is 17.8 Å². The topological polar surface area (TPSA) is 41.1 Å². The Hall–Kier alpha value is -0.570. The molecule has 0 aromatic heterocycles. The average molecular weight is 254 g/mol. The third-order valence-electron chi connectivity index (χ3n) is 4.44. The van der Waals surface area contributed by atoms with Crippen LogP contribution in [0.25, 0.3) is 0 Å². The fourth-order valence-electron chi connectivity index (χ4n) is 2.78. The first-order valence-corrected chi connectivity index (χ1v) is 7.64. The van der Waals surface area contributed by atoms with E-state index in [-0.39, 0.29) is 5.91 Å². The number of hydrogen-bond donors (Lipinski definition) is 2. The minimum absolute atomic E-state index is 0.243. The number of amides is 1. The summed E-state index contributed by atoms with van der Waals surface area (Å²) in [7, 11) is 0. The van der Waals surface area contributed by atoms with Crippen LogP contribution in [0.5, 0.6) is 0 Å². The molecule has 2 N–H and O–H groups in total. The molecular formula is C15H30N2O. The van der Waals surface area contributed by atoms with Crippen molar-refractivity contribution in [2.24, 2.45) is 17.8 Å². The molecule has 0 aromatic carbocycles. The normalized spacial score (nSPS) is 18.9. The molecule has 0 saturated carbocycles. The molecule has 1 fully saturated rings. The second kappa shape index (κ2) is 8.52. The van der Waals surface area contributed by atoms with Gasteiger partial charge in [0, 0.05) is 13.0 Å². The van der Waals surface area contributed by atoms with Crippen LogP contribution in [0.2, 0.25) is 0 Å². The van der Waals surface area contributed by atoms with E-state index in [9.17, 15) is 4.79 Å². The van der Waals surface area contributed by atoms with Gasteiger partial charge in [-0.3, -0.25) is 4.79 Å². The monoisotopic (exact) mass is 254 g/mol. The largest absolute Gasteiger partial charge is 0.356 e. The predicted octanol–water partition coefficient (Wildman–Crippen LogP) is 2.56. The van der Waals surface area contributed by atoms with Gasteiger partial charge in [-0.15, -0.1) is 0 Å². The lowest BCUT2D eigenvalue weighted by atomic mass is 9.84. The first-order chi connectivity index (χ1) is 8.67. The van der Waals surface area contributed by atoms with Gasteiger partial charge < -0.3 is 10.6 Å². The second-order valence-electron chi connectivity index (χ2n) is 5.76. The fraction of sp³-hybridized carbons (Fsp3) is 0.933. The molecule has 18 heavy (non-hydrogen) atoms. The van der Waals surface area contributed by atoms with Gasteiger partial charge in [0.05, 0.1) is 0 Å². The Bertz CT molecular complexity index is 233. The Labute approximate surface area is 112 Å². The summed E-state index contributed by atoms with van der Waals surface area (Å²) in [6, 6.07) is 0. The van der Waals surface area contributed by atoms with Gasteiger partial charge in [0.15, 0.2) is 0 Å². The first-order valence-electron chi connectivity index (χ1n) is 7.64. The maximum atomic E-state index is 11.9. The van der Waals surface area contributed by atoms with Crippen LogP contribution in [0.1, 0.15) is 52.9 Å². The molecule has 0 aromatic rings. The van der Waals surface area contributed by atoms with Gasteiger partial charge >= 0.3 is 0 Å². The molecule has 0 radical (unpaired) electrons. The molecule has 0 spiro atoms. The van der Waals surface area contributed by atoms with Crippen LogP contribution < -0.4 is 10.6 Å². The van der Waals surface area contributed by atoms with Crippen molar-refractivity contribution in [2.75, 3.05) is 19.6 Å². The minimum atomic E-state index is 0.243. The molecule has 1 unspecified atom stereocenters. The van der Waals surface area contributed by atoms with E-state index in [2.05, 4.69) is 31.4 Å². The number of carbonyl (C=O) groups is 1. The van der Waals surface area contributed by atoms with Gasteiger partial charge in [-0.2, -0.15) is 0 Å². The zero-order valence-corrected chi connectivity index (χ0v) is 12.3. The van der Waals surface area contributed by atoms with Gasteiger partial charge in [-0.1, -0.05) is 33.6 Å². The van der Waals surface area contributed by atoms with E-state index >= 15 is 0 Å². The summed E-state index contributed by atoms with van der Waals surface area (Å²) >= 11 is 0. The van der Waals surface area contributed by atoms with Crippen LogP contribution in [0.3, 0.4) is 0 Å². The van der Waals surface area contributed by atoms with E-state index in [0.29, 0.717) is 18.3 Å². The molecule has 1 aliphatic rings. The minimum Gasteiger partial charge on any atom is -0.356 e. The zero-order chi connectivity index (χ0) is 13.4. The lowest BCUT2D eigenvalue weighted by Crippen LogP contribution is -2.34. The van der Waals surface area contributed by atoms with Gasteiger partial charge in [0.25, 0.3) is 0 Å². The highest BCUT2D eigenvalue weighted by Gasteiger charge is 2.22. The molecule has 1 atom stereocenters. The maximum Gasteiger partial charge on any atom is 0.220 e. The molecule has 0 bridgehead atoms. The second-order valence-corrected chi connectivity index (χ2v) is 5.76. The molecule has 0 aliphatic carbocycles. The van der Waals surface area contributed by atoms with Gasteiger partial charge in [0.2, 0.25) is 5.91 Å². The molecule has 1 rings (SSSR count). The Morgan fingerprint density at radius 2 is 1.89 bits per heavy atom. The summed E-state index contributed by atoms with van der Waals surface area (Å²) in [6.07, 6.45) is 5.45. The predicted molar refractivity (Wildman–Crippen MR) is 76.5 cm³/mol. The summed E-state index contributed by atoms with van der Waals surface area (Å²) in [5.41, 5.74) is 0. The lowest BCUT2D eigenvalue weighted by Gasteiger charge is -2.28. The van der Waals surface area contributed by atoms with Crippen molar-refractivity contribution < 1.29 is 4.79 Å². The highest BCUT2D eigenvalue weighted by Crippen LogP contribution is 2.24. The van der Waals surface area contributed by atoms with E-state index in [1.807, 2.05) is 0 Å². The number of piperidine rings is 1. The van der Waals surface area contributed by atoms with Crippen molar-refractivity contribution in [3.63, 3.8) is 0 Å². The van der Waals surface area contributed by atoms with Crippen LogP contribution in [-0.2, 0) is 4.79 Å². The van der Waals surface area contributed by atoms with Gasteiger partial charge in [0.1, 0.15) is 0 Å². The highest BCUT2D eigenvalue weighted by atomic mass is 16.1. The summed E-state index contributed by atoms with van der Waals surface area (Å²) < 4.78 is 0. The molecule has 106 valence electrons. The summed E-state index contributed by atoms with van der Waals surface area (Å²) in [5.74, 6) is 2.13. The summed E-state index contributed by atoms with van der Waals surface area (Å²) in [6.45, 7) is 9.70. The quantitative estimate of drug-likeness (QED) is 0.733. The van der Waals surface area contributed by atoms with E-state index in [0.717, 1.165) is 38.4 Å². The average Bonchev–Trinajstić information content (AvgIpc) is 2.41. The van der Waals surface area contributed by atoms with Crippen molar-refractivity contribution in [1.82, 2.24) is 10.6 Å². The Morgan fingerprint density at radius 3 is 2.44 bits per heavy atom. The van der Waals surface area contributed by atoms with Gasteiger partial charge in [-0.05, 0) is 43.7 Å².